The molecule has 8 nitrogen and oxygen atoms in total. The second kappa shape index (κ2) is 7.96. The molecule has 0 aliphatic heterocycles. The van der Waals surface area contributed by atoms with Gasteiger partial charge in [-0.2, -0.15) is 0 Å². The Hall–Kier alpha value is -3.26. The Morgan fingerprint density at radius 3 is 2.63 bits per heavy atom. The summed E-state index contributed by atoms with van der Waals surface area (Å²) < 4.78 is 11.6. The summed E-state index contributed by atoms with van der Waals surface area (Å²) in [7, 11) is 2.98. The highest BCUT2D eigenvalue weighted by molar-refractivity contribution is 6.30. The van der Waals surface area contributed by atoms with Gasteiger partial charge in [0.1, 0.15) is 6.54 Å². The minimum Gasteiger partial charge on any atom is -0.493 e. The average molecular weight is 389 g/mol. The smallest absolute Gasteiger partial charge is 0.261 e. The van der Waals surface area contributed by atoms with Crippen LogP contribution in [-0.4, -0.2) is 29.7 Å². The van der Waals surface area contributed by atoms with Crippen LogP contribution in [0.3, 0.4) is 0 Å². The van der Waals surface area contributed by atoms with Crippen LogP contribution in [0.1, 0.15) is 0 Å². The maximum absolute atomic E-state index is 12.7. The Morgan fingerprint density at radius 1 is 1.19 bits per heavy atom. The minimum atomic E-state index is -0.418. The minimum absolute atomic E-state index is 0.205. The van der Waals surface area contributed by atoms with E-state index in [4.69, 9.17) is 21.1 Å². The molecule has 0 saturated carbocycles. The molecule has 0 unspecified atom stereocenters. The normalized spacial score (nSPS) is 10.5. The molecule has 1 heterocycles. The molecule has 0 aliphatic carbocycles. The van der Waals surface area contributed by atoms with E-state index in [1.165, 1.54) is 25.1 Å². The van der Waals surface area contributed by atoms with Crippen LogP contribution in [-0.2, 0) is 11.3 Å². The number of nitrogens with zero attached hydrogens (tertiary/aromatic N) is 2. The molecule has 140 valence electrons. The quantitative estimate of drug-likeness (QED) is 0.629. The first-order valence-electron chi connectivity index (χ1n) is 7.93. The van der Waals surface area contributed by atoms with Crippen LogP contribution in [0.25, 0.3) is 10.9 Å². The molecule has 2 aromatic carbocycles. The van der Waals surface area contributed by atoms with Gasteiger partial charge in [0.25, 0.3) is 11.5 Å². The van der Waals surface area contributed by atoms with Gasteiger partial charge in [0, 0.05) is 11.1 Å². The zero-order valence-corrected chi connectivity index (χ0v) is 15.4. The topological polar surface area (TPSA) is 94.5 Å². The van der Waals surface area contributed by atoms with Gasteiger partial charge in [-0.1, -0.05) is 17.7 Å². The van der Waals surface area contributed by atoms with Crippen molar-refractivity contribution in [3.8, 4) is 11.5 Å². The maximum Gasteiger partial charge on any atom is 0.261 e. The summed E-state index contributed by atoms with van der Waals surface area (Å²) in [4.78, 5) is 29.0. The number of hydrazine groups is 1. The molecule has 0 spiro atoms. The predicted molar refractivity (Wildman–Crippen MR) is 102 cm³/mol. The van der Waals surface area contributed by atoms with E-state index in [1.54, 1.807) is 36.4 Å². The number of methoxy groups -OCH3 is 2. The van der Waals surface area contributed by atoms with Gasteiger partial charge in [0.05, 0.1) is 37.1 Å². The Kier molecular flexibility index (Phi) is 5.46. The molecule has 3 aromatic rings. The van der Waals surface area contributed by atoms with E-state index in [1.807, 2.05) is 0 Å². The second-order valence-electron chi connectivity index (χ2n) is 5.59. The molecule has 2 N–H and O–H groups in total. The van der Waals surface area contributed by atoms with Crippen molar-refractivity contribution in [1.29, 1.82) is 0 Å². The van der Waals surface area contributed by atoms with Crippen LogP contribution in [0.5, 0.6) is 11.5 Å². The van der Waals surface area contributed by atoms with Gasteiger partial charge in [-0.15, -0.1) is 0 Å². The van der Waals surface area contributed by atoms with Crippen molar-refractivity contribution in [3.05, 3.63) is 58.1 Å². The first-order chi connectivity index (χ1) is 13.0. The van der Waals surface area contributed by atoms with Crippen molar-refractivity contribution in [1.82, 2.24) is 15.0 Å². The number of benzene rings is 2. The van der Waals surface area contributed by atoms with E-state index in [9.17, 15) is 9.59 Å². The standard InChI is InChI=1S/C18H17ClN4O4/c1-26-15-7-13-14(8-16(15)27-2)20-10-23(18(13)25)9-17(24)22-21-12-5-3-4-11(19)6-12/h3-8,10,21H,9H2,1-2H3,(H,22,24). The van der Waals surface area contributed by atoms with Crippen molar-refractivity contribution in [2.45, 2.75) is 6.54 Å². The maximum atomic E-state index is 12.7. The van der Waals surface area contributed by atoms with Gasteiger partial charge >= 0.3 is 0 Å². The molecule has 0 atom stereocenters. The number of carbonyl (C=O) groups is 1. The van der Waals surface area contributed by atoms with Gasteiger partial charge in [-0.25, -0.2) is 4.98 Å². The monoisotopic (exact) mass is 388 g/mol. The van der Waals surface area contributed by atoms with E-state index in [0.29, 0.717) is 33.1 Å². The molecule has 27 heavy (non-hydrogen) atoms. The van der Waals surface area contributed by atoms with E-state index in [-0.39, 0.29) is 12.1 Å². The fourth-order valence-electron chi connectivity index (χ4n) is 2.50. The fraction of sp³-hybridized carbons (Fsp3) is 0.167. The van der Waals surface area contributed by atoms with Gasteiger partial charge in [0.2, 0.25) is 0 Å². The molecular weight excluding hydrogens is 372 g/mol. The zero-order chi connectivity index (χ0) is 19.4. The highest BCUT2D eigenvalue weighted by Gasteiger charge is 2.12. The summed E-state index contributed by atoms with van der Waals surface area (Å²) in [6.07, 6.45) is 1.32. The molecule has 3 rings (SSSR count). The van der Waals surface area contributed by atoms with Crippen LogP contribution < -0.4 is 25.9 Å². The van der Waals surface area contributed by atoms with E-state index in [0.717, 1.165) is 0 Å². The molecule has 0 fully saturated rings. The number of carbonyl (C=O) groups excluding carboxylic acids is 1. The number of halogens is 1. The highest BCUT2D eigenvalue weighted by Crippen LogP contribution is 2.29. The van der Waals surface area contributed by atoms with Crippen molar-refractivity contribution < 1.29 is 14.3 Å². The van der Waals surface area contributed by atoms with Crippen molar-refractivity contribution in [3.63, 3.8) is 0 Å². The van der Waals surface area contributed by atoms with Gasteiger partial charge in [-0.3, -0.25) is 25.0 Å². The third kappa shape index (κ3) is 4.12. The zero-order valence-electron chi connectivity index (χ0n) is 14.7. The first kappa shape index (κ1) is 18.5. The number of rotatable bonds is 6. The van der Waals surface area contributed by atoms with Crippen molar-refractivity contribution in [2.75, 3.05) is 19.6 Å². The van der Waals surface area contributed by atoms with E-state index < -0.39 is 5.91 Å². The van der Waals surface area contributed by atoms with Gasteiger partial charge in [0.15, 0.2) is 11.5 Å². The Bertz CT molecular complexity index is 1050. The summed E-state index contributed by atoms with van der Waals surface area (Å²) in [5.74, 6) is 0.463. The second-order valence-corrected chi connectivity index (χ2v) is 6.02. The number of nitrogens with one attached hydrogen (secondary N) is 2. The van der Waals surface area contributed by atoms with Crippen molar-refractivity contribution >= 4 is 34.1 Å². The number of aromatic nitrogens is 2. The predicted octanol–water partition coefficient (Wildman–Crippen LogP) is 2.21. The lowest BCUT2D eigenvalue weighted by Crippen LogP contribution is -2.35. The average Bonchev–Trinajstić information content (AvgIpc) is 2.67. The van der Waals surface area contributed by atoms with Crippen LogP contribution >= 0.6 is 11.6 Å². The van der Waals surface area contributed by atoms with Crippen LogP contribution in [0.4, 0.5) is 5.69 Å². The number of hydrogen-bond donors (Lipinski definition) is 2. The van der Waals surface area contributed by atoms with Crippen LogP contribution in [0.2, 0.25) is 5.02 Å². The molecule has 1 aromatic heterocycles. The Labute approximate surface area is 159 Å². The lowest BCUT2D eigenvalue weighted by molar-refractivity contribution is -0.121. The molecule has 9 heteroatoms. The van der Waals surface area contributed by atoms with Gasteiger partial charge < -0.3 is 9.47 Å². The lowest BCUT2D eigenvalue weighted by Gasteiger charge is -2.11. The number of anilines is 1. The summed E-state index contributed by atoms with van der Waals surface area (Å²) in [5, 5.41) is 0.860. The first-order valence-corrected chi connectivity index (χ1v) is 8.31. The Morgan fingerprint density at radius 2 is 1.93 bits per heavy atom. The fourth-order valence-corrected chi connectivity index (χ4v) is 2.69. The molecular formula is C18H17ClN4O4. The summed E-state index contributed by atoms with van der Waals surface area (Å²) in [6.45, 7) is -0.205. The third-order valence-electron chi connectivity index (χ3n) is 3.81. The summed E-state index contributed by atoms with van der Waals surface area (Å²) >= 11 is 5.89. The van der Waals surface area contributed by atoms with Crippen LogP contribution in [0.15, 0.2) is 47.5 Å². The molecule has 0 bridgehead atoms. The number of amides is 1. The SMILES string of the molecule is COc1cc2ncn(CC(=O)NNc3cccc(Cl)c3)c(=O)c2cc1OC. The number of fused-ring (bicyclic) bond motifs is 1. The lowest BCUT2D eigenvalue weighted by atomic mass is 10.2. The molecule has 1 amide bonds. The molecule has 0 saturated heterocycles. The molecule has 0 aliphatic rings. The Balaban J connectivity index is 1.79. The van der Waals surface area contributed by atoms with E-state index in [2.05, 4.69) is 15.8 Å². The largest absolute Gasteiger partial charge is 0.493 e. The van der Waals surface area contributed by atoms with Gasteiger partial charge in [-0.05, 0) is 24.3 Å². The summed E-state index contributed by atoms with van der Waals surface area (Å²) in [6, 6.07) is 10.0. The van der Waals surface area contributed by atoms with Crippen LogP contribution in [0, 0.1) is 0 Å². The highest BCUT2D eigenvalue weighted by atomic mass is 35.5. The summed E-state index contributed by atoms with van der Waals surface area (Å²) in [5.41, 5.74) is 5.96. The van der Waals surface area contributed by atoms with Crippen molar-refractivity contribution in [2.24, 2.45) is 0 Å². The number of hydrogen-bond acceptors (Lipinski definition) is 6. The molecule has 0 radical (unpaired) electrons. The third-order valence-corrected chi connectivity index (χ3v) is 4.05. The van der Waals surface area contributed by atoms with E-state index >= 15 is 0 Å². The number of ether oxygens (including phenoxy) is 2.